The minimum atomic E-state index is 0.217. The topological polar surface area (TPSA) is 56.5 Å². The Morgan fingerprint density at radius 2 is 1.96 bits per heavy atom. The van der Waals surface area contributed by atoms with Crippen molar-refractivity contribution >= 4 is 17.1 Å². The van der Waals surface area contributed by atoms with Crippen LogP contribution in [0.4, 0.5) is 10.4 Å². The molecule has 6 heteroatoms. The van der Waals surface area contributed by atoms with Crippen LogP contribution >= 0.6 is 0 Å². The van der Waals surface area contributed by atoms with E-state index < -0.39 is 0 Å². The van der Waals surface area contributed by atoms with E-state index in [-0.39, 0.29) is 6.61 Å². The van der Waals surface area contributed by atoms with Crippen LogP contribution in [-0.4, -0.2) is 18.7 Å². The van der Waals surface area contributed by atoms with Crippen LogP contribution in [0, 0.1) is 0 Å². The molecule has 0 atom stereocenters. The zero-order valence-electron chi connectivity index (χ0n) is 14.8. The average Bonchev–Trinajstić information content (AvgIpc) is 3.09. The van der Waals surface area contributed by atoms with Gasteiger partial charge in [0, 0.05) is 12.6 Å². The van der Waals surface area contributed by atoms with E-state index >= 15 is 0 Å². The van der Waals surface area contributed by atoms with E-state index in [9.17, 15) is 4.39 Å². The van der Waals surface area contributed by atoms with E-state index in [2.05, 4.69) is 10.3 Å². The van der Waals surface area contributed by atoms with Crippen LogP contribution in [0.15, 0.2) is 58.8 Å². The third-order valence-electron chi connectivity index (χ3n) is 4.00. The number of rotatable bonds is 8. The van der Waals surface area contributed by atoms with Crippen LogP contribution in [-0.2, 0) is 6.54 Å². The predicted molar refractivity (Wildman–Crippen MR) is 99.3 cm³/mol. The summed E-state index contributed by atoms with van der Waals surface area (Å²) in [6.45, 7) is 2.69. The van der Waals surface area contributed by atoms with Crippen LogP contribution in [0.25, 0.3) is 11.1 Å². The molecule has 1 heterocycles. The van der Waals surface area contributed by atoms with E-state index in [1.165, 1.54) is 0 Å². The van der Waals surface area contributed by atoms with Gasteiger partial charge in [-0.15, -0.1) is 0 Å². The van der Waals surface area contributed by atoms with Crippen molar-refractivity contribution in [1.82, 2.24) is 4.98 Å². The number of hydrogen-bond acceptors (Lipinski definition) is 5. The summed E-state index contributed by atoms with van der Waals surface area (Å²) in [5.74, 6) is 1.43. The Morgan fingerprint density at radius 1 is 1.19 bits per heavy atom. The number of ether oxygens (including phenoxy) is 2. The minimum absolute atomic E-state index is 0.217. The van der Waals surface area contributed by atoms with Crippen molar-refractivity contribution in [2.45, 2.75) is 19.9 Å². The third-order valence-corrected chi connectivity index (χ3v) is 4.00. The first-order valence-corrected chi connectivity index (χ1v) is 8.40. The molecule has 0 fully saturated rings. The number of benzene rings is 2. The first kappa shape index (κ1) is 17.8. The fourth-order valence-corrected chi connectivity index (χ4v) is 2.38. The maximum Gasteiger partial charge on any atom is 0.295 e. The van der Waals surface area contributed by atoms with Crippen molar-refractivity contribution in [3.63, 3.8) is 0 Å². The molecule has 2 aromatic carbocycles. The van der Waals surface area contributed by atoms with Gasteiger partial charge in [0.1, 0.15) is 23.6 Å². The van der Waals surface area contributed by atoms with Gasteiger partial charge in [-0.2, -0.15) is 4.98 Å². The van der Waals surface area contributed by atoms with Crippen LogP contribution in [0.5, 0.6) is 11.5 Å². The molecule has 0 saturated carbocycles. The van der Waals surface area contributed by atoms with Crippen LogP contribution in [0.2, 0.25) is 0 Å². The van der Waals surface area contributed by atoms with Gasteiger partial charge >= 0.3 is 0 Å². The van der Waals surface area contributed by atoms with Gasteiger partial charge in [0.25, 0.3) is 6.01 Å². The summed E-state index contributed by atoms with van der Waals surface area (Å²) in [6.07, 6.45) is 1.20. The van der Waals surface area contributed by atoms with E-state index in [0.717, 1.165) is 16.8 Å². The maximum absolute atomic E-state index is 12.6. The molecule has 0 aliphatic carbocycles. The molecule has 0 bridgehead atoms. The van der Waals surface area contributed by atoms with Crippen molar-refractivity contribution in [3.8, 4) is 11.5 Å². The molecular weight excluding hydrogens is 335 g/mol. The lowest BCUT2D eigenvalue weighted by atomic mass is 10.2. The summed E-state index contributed by atoms with van der Waals surface area (Å²) in [6, 6.07) is 13.6. The molecule has 136 valence electrons. The highest BCUT2D eigenvalue weighted by Gasteiger charge is 2.08. The summed E-state index contributed by atoms with van der Waals surface area (Å²) < 4.78 is 29.1. The summed E-state index contributed by atoms with van der Waals surface area (Å²) in [7, 11) is 1.64. The zero-order chi connectivity index (χ0) is 18.4. The molecule has 5 nitrogen and oxygen atoms in total. The van der Waals surface area contributed by atoms with Crippen molar-refractivity contribution in [2.75, 3.05) is 19.0 Å². The second-order valence-corrected chi connectivity index (χ2v) is 5.76. The van der Waals surface area contributed by atoms with Gasteiger partial charge in [0.2, 0.25) is 0 Å². The van der Waals surface area contributed by atoms with E-state index in [4.69, 9.17) is 13.9 Å². The molecule has 3 rings (SSSR count). The van der Waals surface area contributed by atoms with Gasteiger partial charge < -0.3 is 19.2 Å². The van der Waals surface area contributed by atoms with Crippen molar-refractivity contribution < 1.29 is 18.3 Å². The van der Waals surface area contributed by atoms with E-state index in [1.807, 2.05) is 37.3 Å². The second-order valence-electron chi connectivity index (χ2n) is 5.76. The molecule has 3 aromatic rings. The van der Waals surface area contributed by atoms with Gasteiger partial charge in [0.05, 0.1) is 13.4 Å². The van der Waals surface area contributed by atoms with Crippen molar-refractivity contribution in [3.05, 3.63) is 59.9 Å². The number of aromatic nitrogens is 1. The highest BCUT2D eigenvalue weighted by atomic mass is 19.1. The number of anilines is 1. The second kappa shape index (κ2) is 8.38. The Morgan fingerprint density at radius 3 is 2.65 bits per heavy atom. The molecule has 0 saturated heterocycles. The van der Waals surface area contributed by atoms with Gasteiger partial charge in [0.15, 0.2) is 5.58 Å². The SMILES string of the molecule is CC/C(=C\F)COc1ccc2nc(NCc3ccc(OC)cc3)oc2c1. The number of halogens is 1. The Bertz CT molecular complexity index is 888. The number of methoxy groups -OCH3 is 1. The lowest BCUT2D eigenvalue weighted by Crippen LogP contribution is -1.99. The molecule has 0 aliphatic heterocycles. The van der Waals surface area contributed by atoms with Gasteiger partial charge in [-0.05, 0) is 41.8 Å². The standard InChI is InChI=1S/C20H21FN2O3/c1-3-14(11-21)13-25-17-8-9-18-19(10-17)26-20(23-18)22-12-15-4-6-16(24-2)7-5-15/h4-11H,3,12-13H2,1-2H3,(H,22,23)/b14-11+. The van der Waals surface area contributed by atoms with E-state index in [0.29, 0.717) is 42.2 Å². The molecule has 0 aliphatic rings. The monoisotopic (exact) mass is 356 g/mol. The van der Waals surface area contributed by atoms with Gasteiger partial charge in [-0.1, -0.05) is 19.1 Å². The summed E-state index contributed by atoms with van der Waals surface area (Å²) >= 11 is 0. The Kier molecular flexibility index (Phi) is 5.73. The number of oxazole rings is 1. The van der Waals surface area contributed by atoms with Crippen LogP contribution < -0.4 is 14.8 Å². The summed E-state index contributed by atoms with van der Waals surface area (Å²) in [5, 5.41) is 3.16. The minimum Gasteiger partial charge on any atom is -0.497 e. The number of fused-ring (bicyclic) bond motifs is 1. The predicted octanol–water partition coefficient (Wildman–Crippen LogP) is 5.09. The largest absolute Gasteiger partial charge is 0.497 e. The molecule has 26 heavy (non-hydrogen) atoms. The number of nitrogens with one attached hydrogen (secondary N) is 1. The normalized spacial score (nSPS) is 11.6. The van der Waals surface area contributed by atoms with Gasteiger partial charge in [-0.25, -0.2) is 4.39 Å². The van der Waals surface area contributed by atoms with Crippen molar-refractivity contribution in [2.24, 2.45) is 0 Å². The average molecular weight is 356 g/mol. The third kappa shape index (κ3) is 4.33. The van der Waals surface area contributed by atoms with Crippen LogP contribution in [0.1, 0.15) is 18.9 Å². The van der Waals surface area contributed by atoms with Crippen molar-refractivity contribution in [1.29, 1.82) is 0 Å². The Balaban J connectivity index is 1.64. The fraction of sp³-hybridized carbons (Fsp3) is 0.250. The smallest absolute Gasteiger partial charge is 0.295 e. The lowest BCUT2D eigenvalue weighted by Gasteiger charge is -2.06. The maximum atomic E-state index is 12.6. The first-order valence-electron chi connectivity index (χ1n) is 8.40. The quantitative estimate of drug-likeness (QED) is 0.609. The molecular formula is C20H21FN2O3. The molecule has 1 aromatic heterocycles. The molecule has 1 N–H and O–H groups in total. The highest BCUT2D eigenvalue weighted by molar-refractivity contribution is 5.76. The highest BCUT2D eigenvalue weighted by Crippen LogP contribution is 2.24. The fourth-order valence-electron chi connectivity index (χ4n) is 2.38. The molecule has 0 radical (unpaired) electrons. The number of hydrogen-bond donors (Lipinski definition) is 1. The zero-order valence-corrected chi connectivity index (χ0v) is 14.8. The molecule has 0 spiro atoms. The lowest BCUT2D eigenvalue weighted by molar-refractivity contribution is 0.345. The summed E-state index contributed by atoms with van der Waals surface area (Å²) in [4.78, 5) is 4.40. The molecule has 0 unspecified atom stereocenters. The van der Waals surface area contributed by atoms with E-state index in [1.54, 1.807) is 19.2 Å². The number of nitrogens with zero attached hydrogens (tertiary/aromatic N) is 1. The summed E-state index contributed by atoms with van der Waals surface area (Å²) in [5.41, 5.74) is 3.03. The molecule has 0 amide bonds. The van der Waals surface area contributed by atoms with Gasteiger partial charge in [-0.3, -0.25) is 0 Å². The van der Waals surface area contributed by atoms with Crippen LogP contribution in [0.3, 0.4) is 0 Å². The first-order chi connectivity index (χ1) is 12.7. The Hall–Kier alpha value is -3.02. The Labute approximate surface area is 151 Å².